The average molecular weight is 482 g/mol. The van der Waals surface area contributed by atoms with Gasteiger partial charge in [-0.25, -0.2) is 0 Å². The van der Waals surface area contributed by atoms with Gasteiger partial charge < -0.3 is 14.7 Å². The van der Waals surface area contributed by atoms with Crippen LogP contribution in [-0.4, -0.2) is 28.3 Å². The lowest BCUT2D eigenvalue weighted by Gasteiger charge is -2.27. The van der Waals surface area contributed by atoms with E-state index in [0.29, 0.717) is 6.61 Å². The Morgan fingerprint density at radius 3 is 2.28 bits per heavy atom. The number of carbonyl (C=O) groups is 2. The molecule has 1 aliphatic rings. The fraction of sp³-hybridized carbons (Fsp3) is 0.226. The molecule has 36 heavy (non-hydrogen) atoms. The summed E-state index contributed by atoms with van der Waals surface area (Å²) in [7, 11) is 0. The van der Waals surface area contributed by atoms with Crippen molar-refractivity contribution in [2.24, 2.45) is 0 Å². The summed E-state index contributed by atoms with van der Waals surface area (Å²) in [5, 5.41) is 10.8. The van der Waals surface area contributed by atoms with E-state index in [9.17, 15) is 14.7 Å². The fourth-order valence-corrected chi connectivity index (χ4v) is 4.31. The van der Waals surface area contributed by atoms with Crippen LogP contribution in [0.2, 0.25) is 0 Å². The Labute approximate surface area is 212 Å². The summed E-state index contributed by atoms with van der Waals surface area (Å²) in [6, 6.07) is 25.7. The standard InChI is InChI=1S/C31H31NO4/c1-2-3-10-21-36-26-18-16-25(17-19-26)29-28(27(33)20-15-23-11-6-4-7-12-23)30(34)31(35)32(29)22-24-13-8-5-9-14-24/h4-9,11-20,29,34H,2-3,10,21-22H2,1H3. The van der Waals surface area contributed by atoms with E-state index in [2.05, 4.69) is 6.92 Å². The second-order valence-electron chi connectivity index (χ2n) is 8.82. The minimum Gasteiger partial charge on any atom is -0.503 e. The molecule has 3 aromatic rings. The summed E-state index contributed by atoms with van der Waals surface area (Å²) in [6.45, 7) is 3.06. The summed E-state index contributed by atoms with van der Waals surface area (Å²) in [4.78, 5) is 28.0. The van der Waals surface area contributed by atoms with Gasteiger partial charge in [0.05, 0.1) is 18.2 Å². The minimum atomic E-state index is -0.709. The first-order valence-corrected chi connectivity index (χ1v) is 12.4. The van der Waals surface area contributed by atoms with Gasteiger partial charge in [0.25, 0.3) is 5.91 Å². The number of hydrogen-bond donors (Lipinski definition) is 1. The zero-order chi connectivity index (χ0) is 25.3. The monoisotopic (exact) mass is 481 g/mol. The Balaban J connectivity index is 1.63. The first kappa shape index (κ1) is 25.0. The van der Waals surface area contributed by atoms with Crippen molar-refractivity contribution >= 4 is 17.8 Å². The van der Waals surface area contributed by atoms with Crippen molar-refractivity contribution in [3.05, 3.63) is 119 Å². The molecule has 1 atom stereocenters. The van der Waals surface area contributed by atoms with E-state index in [-0.39, 0.29) is 12.1 Å². The number of ether oxygens (including phenoxy) is 1. The molecule has 0 aliphatic carbocycles. The quantitative estimate of drug-likeness (QED) is 0.253. The number of benzene rings is 3. The first-order chi connectivity index (χ1) is 17.6. The molecule has 0 spiro atoms. The molecule has 0 saturated carbocycles. The van der Waals surface area contributed by atoms with Gasteiger partial charge in [0.1, 0.15) is 5.75 Å². The van der Waals surface area contributed by atoms with Crippen LogP contribution in [0.5, 0.6) is 5.75 Å². The first-order valence-electron chi connectivity index (χ1n) is 12.4. The van der Waals surface area contributed by atoms with Crippen LogP contribution in [0, 0.1) is 0 Å². The molecule has 1 unspecified atom stereocenters. The summed E-state index contributed by atoms with van der Waals surface area (Å²) in [6.07, 6.45) is 6.34. The molecule has 1 heterocycles. The Hall–Kier alpha value is -4.12. The normalized spacial score (nSPS) is 15.6. The largest absolute Gasteiger partial charge is 0.503 e. The van der Waals surface area contributed by atoms with Crippen molar-refractivity contribution in [1.82, 2.24) is 4.90 Å². The van der Waals surface area contributed by atoms with Crippen LogP contribution in [-0.2, 0) is 16.1 Å². The third-order valence-electron chi connectivity index (χ3n) is 6.20. The summed E-state index contributed by atoms with van der Waals surface area (Å²) >= 11 is 0. The lowest BCUT2D eigenvalue weighted by atomic mass is 9.95. The van der Waals surface area contributed by atoms with Crippen molar-refractivity contribution < 1.29 is 19.4 Å². The fourth-order valence-electron chi connectivity index (χ4n) is 4.31. The van der Waals surface area contributed by atoms with Gasteiger partial charge in [0.2, 0.25) is 0 Å². The third-order valence-corrected chi connectivity index (χ3v) is 6.20. The molecule has 0 radical (unpaired) electrons. The Bertz CT molecular complexity index is 1230. The molecule has 5 heteroatoms. The van der Waals surface area contributed by atoms with Crippen LogP contribution in [0.4, 0.5) is 0 Å². The zero-order valence-corrected chi connectivity index (χ0v) is 20.5. The van der Waals surface area contributed by atoms with Crippen molar-refractivity contribution in [2.75, 3.05) is 6.61 Å². The number of nitrogens with zero attached hydrogens (tertiary/aromatic N) is 1. The third kappa shape index (κ3) is 5.92. The summed E-state index contributed by atoms with van der Waals surface area (Å²) < 4.78 is 5.83. The van der Waals surface area contributed by atoms with Gasteiger partial charge in [-0.15, -0.1) is 0 Å². The van der Waals surface area contributed by atoms with Crippen LogP contribution in [0.1, 0.15) is 48.9 Å². The van der Waals surface area contributed by atoms with Gasteiger partial charge >= 0.3 is 0 Å². The van der Waals surface area contributed by atoms with E-state index in [0.717, 1.165) is 41.7 Å². The number of unbranched alkanes of at least 4 members (excludes halogenated alkanes) is 2. The number of aliphatic hydroxyl groups excluding tert-OH is 1. The van der Waals surface area contributed by atoms with Gasteiger partial charge in [-0.2, -0.15) is 0 Å². The molecule has 1 amide bonds. The minimum absolute atomic E-state index is 0.0831. The highest BCUT2D eigenvalue weighted by molar-refractivity contribution is 6.14. The van der Waals surface area contributed by atoms with Crippen LogP contribution >= 0.6 is 0 Å². The van der Waals surface area contributed by atoms with Gasteiger partial charge in [-0.1, -0.05) is 98.6 Å². The van der Waals surface area contributed by atoms with E-state index in [1.807, 2.05) is 84.9 Å². The maximum Gasteiger partial charge on any atom is 0.290 e. The molecule has 1 N–H and O–H groups in total. The number of hydrogen-bond acceptors (Lipinski definition) is 4. The molecule has 184 valence electrons. The number of carbonyl (C=O) groups excluding carboxylic acids is 2. The summed E-state index contributed by atoms with van der Waals surface area (Å²) in [5.74, 6) is -0.720. The van der Waals surface area contributed by atoms with E-state index in [1.165, 1.54) is 6.08 Å². The molecule has 0 bridgehead atoms. The molecule has 4 rings (SSSR count). The number of rotatable bonds is 11. The topological polar surface area (TPSA) is 66.8 Å². The summed E-state index contributed by atoms with van der Waals surface area (Å²) in [5.41, 5.74) is 2.59. The number of ketones is 1. The maximum absolute atomic E-state index is 13.3. The second-order valence-corrected chi connectivity index (χ2v) is 8.82. The Morgan fingerprint density at radius 1 is 0.944 bits per heavy atom. The van der Waals surface area contributed by atoms with E-state index >= 15 is 0 Å². The highest BCUT2D eigenvalue weighted by Gasteiger charge is 2.42. The van der Waals surface area contributed by atoms with E-state index in [4.69, 9.17) is 4.74 Å². The van der Waals surface area contributed by atoms with E-state index < -0.39 is 23.5 Å². The Morgan fingerprint density at radius 2 is 1.61 bits per heavy atom. The zero-order valence-electron chi connectivity index (χ0n) is 20.5. The average Bonchev–Trinajstić information content (AvgIpc) is 3.16. The molecular formula is C31H31NO4. The van der Waals surface area contributed by atoms with Crippen LogP contribution in [0.3, 0.4) is 0 Å². The SMILES string of the molecule is CCCCCOc1ccc(C2C(C(=O)C=Cc3ccccc3)=C(O)C(=O)N2Cc2ccccc2)cc1. The van der Waals surface area contributed by atoms with Crippen LogP contribution in [0.25, 0.3) is 6.08 Å². The molecule has 1 aliphatic heterocycles. The molecule has 0 saturated heterocycles. The number of amides is 1. The second kappa shape index (κ2) is 12.0. The molecule has 0 fully saturated rings. The van der Waals surface area contributed by atoms with Crippen LogP contribution < -0.4 is 4.74 Å². The van der Waals surface area contributed by atoms with Crippen molar-refractivity contribution in [3.8, 4) is 5.75 Å². The van der Waals surface area contributed by atoms with Crippen molar-refractivity contribution in [1.29, 1.82) is 0 Å². The van der Waals surface area contributed by atoms with Gasteiger partial charge in [-0.05, 0) is 41.3 Å². The lowest BCUT2D eigenvalue weighted by molar-refractivity contribution is -0.130. The van der Waals surface area contributed by atoms with Crippen LogP contribution in [0.15, 0.2) is 102 Å². The van der Waals surface area contributed by atoms with E-state index in [1.54, 1.807) is 11.0 Å². The predicted octanol–water partition coefficient (Wildman–Crippen LogP) is 6.43. The lowest BCUT2D eigenvalue weighted by Crippen LogP contribution is -2.30. The van der Waals surface area contributed by atoms with Crippen molar-refractivity contribution in [2.45, 2.75) is 38.8 Å². The smallest absolute Gasteiger partial charge is 0.290 e. The maximum atomic E-state index is 13.3. The highest BCUT2D eigenvalue weighted by atomic mass is 16.5. The van der Waals surface area contributed by atoms with Gasteiger partial charge in [0, 0.05) is 6.54 Å². The van der Waals surface area contributed by atoms with Gasteiger partial charge in [0.15, 0.2) is 11.5 Å². The molecule has 3 aromatic carbocycles. The molecule has 0 aromatic heterocycles. The number of allylic oxidation sites excluding steroid dienone is 1. The number of aliphatic hydroxyl groups is 1. The Kier molecular flexibility index (Phi) is 8.35. The molecule has 5 nitrogen and oxygen atoms in total. The molecular weight excluding hydrogens is 450 g/mol. The highest BCUT2D eigenvalue weighted by Crippen LogP contribution is 2.39. The predicted molar refractivity (Wildman–Crippen MR) is 141 cm³/mol. The van der Waals surface area contributed by atoms with Gasteiger partial charge in [-0.3, -0.25) is 9.59 Å². The van der Waals surface area contributed by atoms with Crippen molar-refractivity contribution in [3.63, 3.8) is 0 Å².